The van der Waals surface area contributed by atoms with Gasteiger partial charge < -0.3 is 25.0 Å². The summed E-state index contributed by atoms with van der Waals surface area (Å²) >= 11 is 5.28. The Kier molecular flexibility index (Phi) is 6.09. The van der Waals surface area contributed by atoms with Crippen LogP contribution in [-0.4, -0.2) is 49.7 Å². The first-order chi connectivity index (χ1) is 12.0. The Balaban J connectivity index is 1.56. The van der Waals surface area contributed by atoms with E-state index in [1.807, 2.05) is 24.8 Å². The summed E-state index contributed by atoms with van der Waals surface area (Å²) in [7, 11) is 0. The lowest BCUT2D eigenvalue weighted by Crippen LogP contribution is -2.45. The van der Waals surface area contributed by atoms with Gasteiger partial charge in [-0.3, -0.25) is 0 Å². The van der Waals surface area contributed by atoms with Crippen molar-refractivity contribution < 1.29 is 13.9 Å². The average Bonchev–Trinajstić information content (AvgIpc) is 3.05. The fourth-order valence-electron chi connectivity index (χ4n) is 3.40. The summed E-state index contributed by atoms with van der Waals surface area (Å²) in [5, 5.41) is 6.65. The van der Waals surface area contributed by atoms with Gasteiger partial charge in [0.05, 0.1) is 24.0 Å². The van der Waals surface area contributed by atoms with Crippen LogP contribution in [0.4, 0.5) is 15.8 Å². The molecule has 0 spiro atoms. The smallest absolute Gasteiger partial charge is 0.170 e. The third-order valence-corrected chi connectivity index (χ3v) is 4.73. The molecular formula is C18H26FN3O2S. The van der Waals surface area contributed by atoms with Gasteiger partial charge in [-0.2, -0.15) is 0 Å². The molecule has 0 aromatic heterocycles. The molecule has 0 saturated carbocycles. The number of hydrogen-bond acceptors (Lipinski definition) is 4. The number of hydrogen-bond donors (Lipinski definition) is 2. The molecule has 0 aliphatic carbocycles. The quantitative estimate of drug-likeness (QED) is 0.798. The fourth-order valence-corrected chi connectivity index (χ4v) is 3.60. The van der Waals surface area contributed by atoms with Crippen molar-refractivity contribution in [3.63, 3.8) is 0 Å². The first-order valence-electron chi connectivity index (χ1n) is 8.87. The topological polar surface area (TPSA) is 45.8 Å². The Labute approximate surface area is 153 Å². The van der Waals surface area contributed by atoms with Crippen molar-refractivity contribution in [2.24, 2.45) is 0 Å². The minimum atomic E-state index is -0.256. The molecule has 2 fully saturated rings. The van der Waals surface area contributed by atoms with Gasteiger partial charge in [-0.25, -0.2) is 4.39 Å². The number of morpholine rings is 1. The second-order valence-corrected chi connectivity index (χ2v) is 7.21. The molecule has 2 N–H and O–H groups in total. The molecule has 1 aromatic rings. The number of ether oxygens (including phenoxy) is 2. The lowest BCUT2D eigenvalue weighted by Gasteiger charge is -2.37. The third-order valence-electron chi connectivity index (χ3n) is 4.48. The molecule has 2 aliphatic rings. The average molecular weight is 367 g/mol. The summed E-state index contributed by atoms with van der Waals surface area (Å²) in [6, 6.07) is 5.13. The zero-order valence-electron chi connectivity index (χ0n) is 14.8. The van der Waals surface area contributed by atoms with Crippen LogP contribution in [0.3, 0.4) is 0 Å². The van der Waals surface area contributed by atoms with Crippen LogP contribution in [0.25, 0.3) is 0 Å². The van der Waals surface area contributed by atoms with E-state index in [1.165, 1.54) is 6.07 Å². The molecule has 138 valence electrons. The third kappa shape index (κ3) is 5.03. The zero-order valence-corrected chi connectivity index (χ0v) is 15.6. The van der Waals surface area contributed by atoms with Gasteiger partial charge in [0.1, 0.15) is 5.82 Å². The summed E-state index contributed by atoms with van der Waals surface area (Å²) in [5.74, 6) is -0.256. The largest absolute Gasteiger partial charge is 0.376 e. The molecule has 3 atom stereocenters. The van der Waals surface area contributed by atoms with E-state index in [4.69, 9.17) is 21.7 Å². The Bertz CT molecular complexity index is 600. The van der Waals surface area contributed by atoms with Gasteiger partial charge in [0.25, 0.3) is 0 Å². The number of nitrogens with zero attached hydrogens (tertiary/aromatic N) is 1. The Morgan fingerprint density at radius 3 is 2.72 bits per heavy atom. The number of rotatable bonds is 4. The molecule has 0 bridgehead atoms. The molecule has 3 rings (SSSR count). The second-order valence-electron chi connectivity index (χ2n) is 6.80. The molecule has 2 heterocycles. The maximum atomic E-state index is 14.6. The van der Waals surface area contributed by atoms with Crippen molar-refractivity contribution in [3.05, 3.63) is 24.0 Å². The van der Waals surface area contributed by atoms with E-state index in [1.54, 1.807) is 6.07 Å². The van der Waals surface area contributed by atoms with Crippen molar-refractivity contribution >= 4 is 28.7 Å². The highest BCUT2D eigenvalue weighted by Gasteiger charge is 2.24. The minimum absolute atomic E-state index is 0.0931. The van der Waals surface area contributed by atoms with E-state index < -0.39 is 0 Å². The van der Waals surface area contributed by atoms with Gasteiger partial charge in [0.15, 0.2) is 5.11 Å². The number of benzene rings is 1. The van der Waals surface area contributed by atoms with Crippen molar-refractivity contribution in [1.82, 2.24) is 5.32 Å². The van der Waals surface area contributed by atoms with Gasteiger partial charge in [0, 0.05) is 31.9 Å². The molecule has 3 unspecified atom stereocenters. The molecule has 0 amide bonds. The van der Waals surface area contributed by atoms with Crippen LogP contribution >= 0.6 is 12.2 Å². The van der Waals surface area contributed by atoms with Crippen molar-refractivity contribution in [2.75, 3.05) is 36.5 Å². The van der Waals surface area contributed by atoms with E-state index in [0.717, 1.165) is 19.4 Å². The first kappa shape index (κ1) is 18.4. The highest BCUT2D eigenvalue weighted by Crippen LogP contribution is 2.26. The normalized spacial score (nSPS) is 26.5. The molecular weight excluding hydrogens is 341 g/mol. The summed E-state index contributed by atoms with van der Waals surface area (Å²) in [6.45, 7) is 6.89. The molecule has 2 saturated heterocycles. The maximum Gasteiger partial charge on any atom is 0.170 e. The highest BCUT2D eigenvalue weighted by atomic mass is 32.1. The predicted octanol–water partition coefficient (Wildman–Crippen LogP) is 2.90. The molecule has 25 heavy (non-hydrogen) atoms. The predicted molar refractivity (Wildman–Crippen MR) is 102 cm³/mol. The number of thiocarbonyl (C=S) groups is 1. The summed E-state index contributed by atoms with van der Waals surface area (Å²) in [5.41, 5.74) is 1.24. The number of halogens is 1. The van der Waals surface area contributed by atoms with Crippen LogP contribution in [0, 0.1) is 5.82 Å². The Morgan fingerprint density at radius 1 is 1.32 bits per heavy atom. The highest BCUT2D eigenvalue weighted by molar-refractivity contribution is 7.80. The summed E-state index contributed by atoms with van der Waals surface area (Å²) in [4.78, 5) is 2.03. The Hall–Kier alpha value is -1.44. The van der Waals surface area contributed by atoms with Crippen LogP contribution in [0.1, 0.15) is 26.7 Å². The molecule has 5 nitrogen and oxygen atoms in total. The zero-order chi connectivity index (χ0) is 17.8. The molecule has 0 radical (unpaired) electrons. The SMILES string of the molecule is CC1CN(c2ccc(NC(=S)NCC3CCCO3)cc2F)CC(C)O1. The van der Waals surface area contributed by atoms with Crippen molar-refractivity contribution in [2.45, 2.75) is 45.0 Å². The van der Waals surface area contributed by atoms with Crippen LogP contribution in [-0.2, 0) is 9.47 Å². The van der Waals surface area contributed by atoms with Crippen LogP contribution in [0.5, 0.6) is 0 Å². The standard InChI is InChI=1S/C18H26FN3O2S/c1-12-10-22(11-13(2)24-12)17-6-5-14(8-16(17)19)21-18(25)20-9-15-4-3-7-23-15/h5-6,8,12-13,15H,3-4,7,9-11H2,1-2H3,(H2,20,21,25). The van der Waals surface area contributed by atoms with Gasteiger partial charge in [-0.15, -0.1) is 0 Å². The molecule has 2 aliphatic heterocycles. The second kappa shape index (κ2) is 8.29. The van der Waals surface area contributed by atoms with E-state index in [9.17, 15) is 4.39 Å². The Morgan fingerprint density at radius 2 is 2.08 bits per heavy atom. The van der Waals surface area contributed by atoms with Gasteiger partial charge in [0.2, 0.25) is 0 Å². The molecule has 7 heteroatoms. The van der Waals surface area contributed by atoms with Crippen LogP contribution < -0.4 is 15.5 Å². The van der Waals surface area contributed by atoms with E-state index in [0.29, 0.717) is 36.1 Å². The van der Waals surface area contributed by atoms with E-state index in [-0.39, 0.29) is 24.1 Å². The molecule has 1 aromatic carbocycles. The van der Waals surface area contributed by atoms with E-state index >= 15 is 0 Å². The van der Waals surface area contributed by atoms with Gasteiger partial charge in [-0.05, 0) is 57.1 Å². The summed E-state index contributed by atoms with van der Waals surface area (Å²) in [6.07, 6.45) is 2.54. The maximum absolute atomic E-state index is 14.6. The van der Waals surface area contributed by atoms with Gasteiger partial charge in [-0.1, -0.05) is 0 Å². The van der Waals surface area contributed by atoms with Crippen LogP contribution in [0.2, 0.25) is 0 Å². The lowest BCUT2D eigenvalue weighted by atomic mass is 10.2. The lowest BCUT2D eigenvalue weighted by molar-refractivity contribution is -0.00539. The number of nitrogens with one attached hydrogen (secondary N) is 2. The summed E-state index contributed by atoms with van der Waals surface area (Å²) < 4.78 is 25.8. The first-order valence-corrected chi connectivity index (χ1v) is 9.28. The number of anilines is 2. The van der Waals surface area contributed by atoms with Crippen molar-refractivity contribution in [3.8, 4) is 0 Å². The van der Waals surface area contributed by atoms with Crippen LogP contribution in [0.15, 0.2) is 18.2 Å². The monoisotopic (exact) mass is 367 g/mol. The minimum Gasteiger partial charge on any atom is -0.376 e. The fraction of sp³-hybridized carbons (Fsp3) is 0.611. The van der Waals surface area contributed by atoms with E-state index in [2.05, 4.69) is 10.6 Å². The van der Waals surface area contributed by atoms with Gasteiger partial charge >= 0.3 is 0 Å². The van der Waals surface area contributed by atoms with Crippen molar-refractivity contribution in [1.29, 1.82) is 0 Å².